The van der Waals surface area contributed by atoms with Crippen LogP contribution in [0.4, 0.5) is 0 Å². The van der Waals surface area contributed by atoms with Crippen molar-refractivity contribution in [1.82, 2.24) is 5.32 Å². The summed E-state index contributed by atoms with van der Waals surface area (Å²) in [5.41, 5.74) is 1.66. The van der Waals surface area contributed by atoms with Gasteiger partial charge in [0.2, 0.25) is 0 Å². The maximum atomic E-state index is 10.6. The third kappa shape index (κ3) is 2.13. The van der Waals surface area contributed by atoms with Gasteiger partial charge in [0.15, 0.2) is 0 Å². The number of carbonyl (C=O) groups is 1. The number of hydrogen-bond acceptors (Lipinski definition) is 2. The van der Waals surface area contributed by atoms with Gasteiger partial charge in [0, 0.05) is 5.54 Å². The van der Waals surface area contributed by atoms with Gasteiger partial charge in [-0.25, -0.2) is 4.79 Å². The van der Waals surface area contributed by atoms with Crippen LogP contribution in [-0.2, 0) is 5.54 Å². The van der Waals surface area contributed by atoms with Crippen LogP contribution in [0.5, 0.6) is 0 Å². The summed E-state index contributed by atoms with van der Waals surface area (Å²) in [4.78, 5) is 10.6. The van der Waals surface area contributed by atoms with E-state index < -0.39 is 5.97 Å². The lowest BCUT2D eigenvalue weighted by Crippen LogP contribution is -2.24. The van der Waals surface area contributed by atoms with Gasteiger partial charge < -0.3 is 10.4 Å². The molecule has 0 heterocycles. The summed E-state index contributed by atoms with van der Waals surface area (Å²) in [6, 6.07) is 7.12. The van der Waals surface area contributed by atoms with E-state index in [0.717, 1.165) is 12.8 Å². The number of carboxylic acid groups (broad SMARTS) is 1. The predicted octanol–water partition coefficient (Wildman–Crippen LogP) is 2.02. The van der Waals surface area contributed by atoms with Crippen molar-refractivity contribution in [2.75, 3.05) is 7.05 Å². The zero-order valence-electron chi connectivity index (χ0n) is 8.49. The van der Waals surface area contributed by atoms with Crippen molar-refractivity contribution in [2.24, 2.45) is 0 Å². The highest BCUT2D eigenvalue weighted by molar-refractivity contribution is 5.87. The van der Waals surface area contributed by atoms with Gasteiger partial charge in [0.05, 0.1) is 5.56 Å². The maximum absolute atomic E-state index is 10.6. The van der Waals surface area contributed by atoms with E-state index >= 15 is 0 Å². The standard InChI is InChI=1S/C11H13NO2.ClH/c1-12-11(6-7-11)9-4-2-8(3-5-9)10(13)14;/h2-5,12H,6-7H2,1H3,(H,13,14);1H. The second-order valence-electron chi connectivity index (χ2n) is 3.71. The third-order valence-electron chi connectivity index (χ3n) is 2.91. The number of benzene rings is 1. The van der Waals surface area contributed by atoms with Crippen molar-refractivity contribution in [3.63, 3.8) is 0 Å². The van der Waals surface area contributed by atoms with Crippen LogP contribution in [0, 0.1) is 0 Å². The van der Waals surface area contributed by atoms with Gasteiger partial charge in [-0.1, -0.05) is 12.1 Å². The summed E-state index contributed by atoms with van der Waals surface area (Å²) in [5, 5.41) is 12.0. The molecule has 82 valence electrons. The average Bonchev–Trinajstić information content (AvgIpc) is 2.99. The van der Waals surface area contributed by atoms with E-state index in [2.05, 4.69) is 5.32 Å². The summed E-state index contributed by atoms with van der Waals surface area (Å²) in [6.07, 6.45) is 2.27. The van der Waals surface area contributed by atoms with E-state index in [-0.39, 0.29) is 17.9 Å². The van der Waals surface area contributed by atoms with Crippen LogP contribution in [-0.4, -0.2) is 18.1 Å². The molecule has 4 heteroatoms. The van der Waals surface area contributed by atoms with E-state index in [4.69, 9.17) is 5.11 Å². The third-order valence-corrected chi connectivity index (χ3v) is 2.91. The molecule has 1 aliphatic carbocycles. The highest BCUT2D eigenvalue weighted by Crippen LogP contribution is 2.44. The zero-order valence-corrected chi connectivity index (χ0v) is 9.30. The molecule has 0 amide bonds. The molecule has 0 bridgehead atoms. The monoisotopic (exact) mass is 227 g/mol. The van der Waals surface area contributed by atoms with Gasteiger partial charge in [0.1, 0.15) is 0 Å². The Hall–Kier alpha value is -1.06. The van der Waals surface area contributed by atoms with E-state index in [0.29, 0.717) is 5.56 Å². The first kappa shape index (κ1) is 12.0. The van der Waals surface area contributed by atoms with Crippen molar-refractivity contribution in [2.45, 2.75) is 18.4 Å². The second-order valence-corrected chi connectivity index (χ2v) is 3.71. The van der Waals surface area contributed by atoms with Crippen molar-refractivity contribution in [3.8, 4) is 0 Å². The van der Waals surface area contributed by atoms with Crippen LogP contribution < -0.4 is 5.32 Å². The van der Waals surface area contributed by atoms with Crippen molar-refractivity contribution in [3.05, 3.63) is 35.4 Å². The zero-order chi connectivity index (χ0) is 10.2. The lowest BCUT2D eigenvalue weighted by atomic mass is 10.0. The normalized spacial score (nSPS) is 16.6. The van der Waals surface area contributed by atoms with Gasteiger partial charge in [-0.2, -0.15) is 0 Å². The van der Waals surface area contributed by atoms with Gasteiger partial charge in [-0.15, -0.1) is 12.4 Å². The molecule has 1 aromatic rings. The Balaban J connectivity index is 0.00000112. The molecule has 0 atom stereocenters. The quantitative estimate of drug-likeness (QED) is 0.831. The SMILES string of the molecule is CNC1(c2ccc(C(=O)O)cc2)CC1.Cl. The molecule has 0 aromatic heterocycles. The molecule has 0 radical (unpaired) electrons. The van der Waals surface area contributed by atoms with Gasteiger partial charge in [-0.3, -0.25) is 0 Å². The summed E-state index contributed by atoms with van der Waals surface area (Å²) in [5.74, 6) is -0.870. The Morgan fingerprint density at radius 2 is 1.87 bits per heavy atom. The Kier molecular flexibility index (Phi) is 3.37. The maximum Gasteiger partial charge on any atom is 0.335 e. The Labute approximate surface area is 94.9 Å². The fourth-order valence-electron chi connectivity index (χ4n) is 1.74. The molecule has 1 aromatic carbocycles. The smallest absolute Gasteiger partial charge is 0.335 e. The number of halogens is 1. The van der Waals surface area contributed by atoms with Gasteiger partial charge >= 0.3 is 5.97 Å². The Morgan fingerprint density at radius 3 is 2.20 bits per heavy atom. The summed E-state index contributed by atoms with van der Waals surface area (Å²) < 4.78 is 0. The molecule has 2 N–H and O–H groups in total. The van der Waals surface area contributed by atoms with Gasteiger partial charge in [0.25, 0.3) is 0 Å². The number of hydrogen-bond donors (Lipinski definition) is 2. The molecule has 1 fully saturated rings. The number of aromatic carboxylic acids is 1. The van der Waals surface area contributed by atoms with Crippen molar-refractivity contribution >= 4 is 18.4 Å². The van der Waals surface area contributed by atoms with Crippen LogP contribution in [0.2, 0.25) is 0 Å². The molecule has 1 saturated carbocycles. The largest absolute Gasteiger partial charge is 0.478 e. The van der Waals surface area contributed by atoms with E-state index in [1.807, 2.05) is 19.2 Å². The lowest BCUT2D eigenvalue weighted by molar-refractivity contribution is 0.0697. The Morgan fingerprint density at radius 1 is 1.33 bits per heavy atom. The van der Waals surface area contributed by atoms with Crippen LogP contribution in [0.3, 0.4) is 0 Å². The molecule has 1 aliphatic rings. The number of rotatable bonds is 3. The fourth-order valence-corrected chi connectivity index (χ4v) is 1.74. The molecular formula is C11H14ClNO2. The Bertz CT molecular complexity index is 357. The first-order chi connectivity index (χ1) is 6.68. The van der Waals surface area contributed by atoms with Crippen LogP contribution >= 0.6 is 12.4 Å². The van der Waals surface area contributed by atoms with Gasteiger partial charge in [-0.05, 0) is 37.6 Å². The predicted molar refractivity (Wildman–Crippen MR) is 60.6 cm³/mol. The van der Waals surface area contributed by atoms with Crippen molar-refractivity contribution in [1.29, 1.82) is 0 Å². The molecule has 0 aliphatic heterocycles. The molecule has 2 rings (SSSR count). The molecular weight excluding hydrogens is 214 g/mol. The minimum atomic E-state index is -0.870. The first-order valence-corrected chi connectivity index (χ1v) is 4.71. The lowest BCUT2D eigenvalue weighted by Gasteiger charge is -2.14. The topological polar surface area (TPSA) is 49.3 Å². The van der Waals surface area contributed by atoms with E-state index in [9.17, 15) is 4.79 Å². The van der Waals surface area contributed by atoms with Crippen LogP contribution in [0.1, 0.15) is 28.8 Å². The van der Waals surface area contributed by atoms with E-state index in [1.54, 1.807) is 12.1 Å². The minimum Gasteiger partial charge on any atom is -0.478 e. The minimum absolute atomic E-state index is 0. The number of nitrogens with one attached hydrogen (secondary N) is 1. The molecule has 0 spiro atoms. The fraction of sp³-hybridized carbons (Fsp3) is 0.364. The molecule has 0 unspecified atom stereocenters. The average molecular weight is 228 g/mol. The molecule has 3 nitrogen and oxygen atoms in total. The van der Waals surface area contributed by atoms with Crippen molar-refractivity contribution < 1.29 is 9.90 Å². The number of carboxylic acids is 1. The van der Waals surface area contributed by atoms with E-state index in [1.165, 1.54) is 5.56 Å². The highest BCUT2D eigenvalue weighted by atomic mass is 35.5. The summed E-state index contributed by atoms with van der Waals surface area (Å²) in [6.45, 7) is 0. The summed E-state index contributed by atoms with van der Waals surface area (Å²) >= 11 is 0. The highest BCUT2D eigenvalue weighted by Gasteiger charge is 2.42. The molecule has 15 heavy (non-hydrogen) atoms. The molecule has 0 saturated heterocycles. The van der Waals surface area contributed by atoms with Crippen LogP contribution in [0.15, 0.2) is 24.3 Å². The first-order valence-electron chi connectivity index (χ1n) is 4.71. The summed E-state index contributed by atoms with van der Waals surface area (Å²) in [7, 11) is 1.94. The van der Waals surface area contributed by atoms with Crippen LogP contribution in [0.25, 0.3) is 0 Å². The second kappa shape index (κ2) is 4.21.